The number of rotatable bonds is 5. The molecule has 132 valence electrons. The maximum atomic E-state index is 13.9. The number of aromatic nitrogens is 2. The second-order valence-corrected chi connectivity index (χ2v) is 6.20. The van der Waals surface area contributed by atoms with E-state index < -0.39 is 0 Å². The number of nitrogens with zero attached hydrogens (tertiary/aromatic N) is 4. The summed E-state index contributed by atoms with van der Waals surface area (Å²) in [5, 5.41) is 7.39. The molecule has 0 saturated heterocycles. The van der Waals surface area contributed by atoms with Gasteiger partial charge < -0.3 is 10.2 Å². The molecule has 1 N–H and O–H groups in total. The van der Waals surface area contributed by atoms with Crippen molar-refractivity contribution >= 4 is 45.9 Å². The molecule has 2 aromatic rings. The van der Waals surface area contributed by atoms with E-state index >= 15 is 0 Å². The summed E-state index contributed by atoms with van der Waals surface area (Å²) in [6.07, 6.45) is 3.79. The van der Waals surface area contributed by atoms with Gasteiger partial charge in [0.2, 0.25) is 0 Å². The van der Waals surface area contributed by atoms with Crippen LogP contribution in [0.5, 0.6) is 0 Å². The molecule has 0 saturated carbocycles. The molecule has 1 aromatic heterocycles. The average molecular weight is 510 g/mol. The molecule has 0 amide bonds. The first kappa shape index (κ1) is 20.9. The predicted octanol–water partition coefficient (Wildman–Crippen LogP) is 3.54. The van der Waals surface area contributed by atoms with Crippen LogP contribution in [0.3, 0.4) is 0 Å². The van der Waals surface area contributed by atoms with Crippen molar-refractivity contribution in [3.63, 3.8) is 0 Å². The van der Waals surface area contributed by atoms with Gasteiger partial charge in [-0.05, 0) is 19.1 Å². The molecule has 1 heterocycles. The van der Waals surface area contributed by atoms with Crippen molar-refractivity contribution in [1.82, 2.24) is 20.0 Å². The highest BCUT2D eigenvalue weighted by Crippen LogP contribution is 2.16. The number of aliphatic imine (C=N–C) groups is 1. The van der Waals surface area contributed by atoms with Crippen molar-refractivity contribution in [2.45, 2.75) is 20.0 Å². The number of guanidine groups is 1. The number of halogens is 3. The smallest absolute Gasteiger partial charge is 0.194 e. The van der Waals surface area contributed by atoms with E-state index in [1.807, 2.05) is 44.4 Å². The number of hydrogen-bond acceptors (Lipinski definition) is 2. The summed E-state index contributed by atoms with van der Waals surface area (Å²) in [6, 6.07) is 5.02. The number of nitrogens with one attached hydrogen (secondary N) is 1. The van der Waals surface area contributed by atoms with Crippen LogP contribution >= 0.6 is 39.9 Å². The minimum Gasteiger partial charge on any atom is -0.357 e. The van der Waals surface area contributed by atoms with Crippen molar-refractivity contribution in [2.75, 3.05) is 13.6 Å². The lowest BCUT2D eigenvalue weighted by atomic mass is 10.2. The molecule has 24 heavy (non-hydrogen) atoms. The summed E-state index contributed by atoms with van der Waals surface area (Å²) in [7, 11) is 3.84. The van der Waals surface area contributed by atoms with E-state index in [1.165, 1.54) is 6.07 Å². The number of benzene rings is 1. The van der Waals surface area contributed by atoms with E-state index in [4.69, 9.17) is 0 Å². The first-order valence-corrected chi connectivity index (χ1v) is 8.19. The van der Waals surface area contributed by atoms with Crippen molar-refractivity contribution < 1.29 is 4.39 Å². The first-order chi connectivity index (χ1) is 11.0. The van der Waals surface area contributed by atoms with Gasteiger partial charge in [-0.15, -0.1) is 24.0 Å². The van der Waals surface area contributed by atoms with Crippen LogP contribution in [0, 0.1) is 5.82 Å². The van der Waals surface area contributed by atoms with E-state index in [1.54, 1.807) is 10.7 Å². The topological polar surface area (TPSA) is 45.5 Å². The van der Waals surface area contributed by atoms with E-state index in [2.05, 4.69) is 31.3 Å². The number of aryl methyl sites for hydroxylation is 1. The van der Waals surface area contributed by atoms with E-state index in [0.717, 1.165) is 22.5 Å². The van der Waals surface area contributed by atoms with Gasteiger partial charge in [-0.3, -0.25) is 4.68 Å². The van der Waals surface area contributed by atoms with Gasteiger partial charge in [-0.1, -0.05) is 22.0 Å². The van der Waals surface area contributed by atoms with Gasteiger partial charge in [0.15, 0.2) is 5.96 Å². The Bertz CT molecular complexity index is 689. The zero-order valence-electron chi connectivity index (χ0n) is 14.0. The van der Waals surface area contributed by atoms with Gasteiger partial charge in [-0.25, -0.2) is 9.38 Å². The minimum absolute atomic E-state index is 0. The fourth-order valence-corrected chi connectivity index (χ4v) is 2.52. The zero-order chi connectivity index (χ0) is 16.8. The molecule has 0 unspecified atom stereocenters. The highest BCUT2D eigenvalue weighted by molar-refractivity contribution is 14.0. The third-order valence-electron chi connectivity index (χ3n) is 3.29. The van der Waals surface area contributed by atoms with Crippen LogP contribution in [0.2, 0.25) is 0 Å². The lowest BCUT2D eigenvalue weighted by Gasteiger charge is -2.21. The normalized spacial score (nSPS) is 11.1. The minimum atomic E-state index is -0.256. The molecular formula is C16H22BrFIN5. The van der Waals surface area contributed by atoms with Gasteiger partial charge in [0.25, 0.3) is 0 Å². The monoisotopic (exact) mass is 509 g/mol. The molecule has 0 radical (unpaired) electrons. The summed E-state index contributed by atoms with van der Waals surface area (Å²) < 4.78 is 16.4. The largest absolute Gasteiger partial charge is 0.357 e. The van der Waals surface area contributed by atoms with E-state index in [0.29, 0.717) is 18.7 Å². The first-order valence-electron chi connectivity index (χ1n) is 7.40. The van der Waals surface area contributed by atoms with Gasteiger partial charge >= 0.3 is 0 Å². The molecule has 0 fully saturated rings. The van der Waals surface area contributed by atoms with Crippen LogP contribution in [0.1, 0.15) is 18.1 Å². The second-order valence-electron chi connectivity index (χ2n) is 5.28. The zero-order valence-corrected chi connectivity index (χ0v) is 17.9. The molecule has 0 spiro atoms. The lowest BCUT2D eigenvalue weighted by Crippen LogP contribution is -2.38. The molecule has 0 bridgehead atoms. The summed E-state index contributed by atoms with van der Waals surface area (Å²) in [5.41, 5.74) is 1.66. The predicted molar refractivity (Wildman–Crippen MR) is 109 cm³/mol. The molecule has 8 heteroatoms. The summed E-state index contributed by atoms with van der Waals surface area (Å²) in [4.78, 5) is 6.52. The highest BCUT2D eigenvalue weighted by atomic mass is 127. The number of hydrogen-bond donors (Lipinski definition) is 1. The third kappa shape index (κ3) is 6.04. The van der Waals surface area contributed by atoms with Gasteiger partial charge in [0.1, 0.15) is 5.82 Å². The van der Waals surface area contributed by atoms with Crippen LogP contribution in [0.4, 0.5) is 4.39 Å². The SMILES string of the molecule is CCNC(=NCc1ccc(Br)cc1F)N(C)Cc1cnn(C)c1.I. The molecule has 1 aromatic carbocycles. The summed E-state index contributed by atoms with van der Waals surface area (Å²) in [6.45, 7) is 3.73. The average Bonchev–Trinajstić information content (AvgIpc) is 2.90. The Morgan fingerprint density at radius 3 is 2.79 bits per heavy atom. The second kappa shape index (κ2) is 9.97. The molecular weight excluding hydrogens is 488 g/mol. The lowest BCUT2D eigenvalue weighted by molar-refractivity contribution is 0.476. The Hall–Kier alpha value is -1.16. The van der Waals surface area contributed by atoms with Gasteiger partial charge in [0, 0.05) is 49.0 Å². The van der Waals surface area contributed by atoms with Gasteiger partial charge in [0.05, 0.1) is 12.7 Å². The molecule has 2 rings (SSSR count). The fourth-order valence-electron chi connectivity index (χ4n) is 2.18. The molecule has 0 atom stereocenters. The van der Waals surface area contributed by atoms with Crippen LogP contribution < -0.4 is 5.32 Å². The fraction of sp³-hybridized carbons (Fsp3) is 0.375. The van der Waals surface area contributed by atoms with Crippen LogP contribution in [0.25, 0.3) is 0 Å². The van der Waals surface area contributed by atoms with Crippen molar-refractivity contribution in [3.05, 3.63) is 52.0 Å². The van der Waals surface area contributed by atoms with Crippen LogP contribution in [-0.4, -0.2) is 34.2 Å². The third-order valence-corrected chi connectivity index (χ3v) is 3.78. The Morgan fingerprint density at radius 1 is 1.46 bits per heavy atom. The summed E-state index contributed by atoms with van der Waals surface area (Å²) in [5.74, 6) is 0.479. The standard InChI is InChI=1S/C16H21BrFN5.HI/c1-4-19-16(22(2)10-12-8-21-23(3)11-12)20-9-13-5-6-14(17)7-15(13)18;/h5-8,11H,4,9-10H2,1-3H3,(H,19,20);1H. The maximum Gasteiger partial charge on any atom is 0.194 e. The van der Waals surface area contributed by atoms with E-state index in [-0.39, 0.29) is 29.8 Å². The Kier molecular flexibility index (Phi) is 8.68. The molecule has 0 aliphatic rings. The quantitative estimate of drug-likeness (QED) is 0.381. The van der Waals surface area contributed by atoms with Crippen molar-refractivity contribution in [2.24, 2.45) is 12.0 Å². The Balaban J connectivity index is 0.00000288. The van der Waals surface area contributed by atoms with Gasteiger partial charge in [-0.2, -0.15) is 5.10 Å². The highest BCUT2D eigenvalue weighted by Gasteiger charge is 2.09. The Labute approximate surface area is 167 Å². The summed E-state index contributed by atoms with van der Waals surface area (Å²) >= 11 is 3.26. The molecule has 5 nitrogen and oxygen atoms in total. The van der Waals surface area contributed by atoms with E-state index in [9.17, 15) is 4.39 Å². The van der Waals surface area contributed by atoms with Crippen molar-refractivity contribution in [1.29, 1.82) is 0 Å². The molecule has 0 aliphatic heterocycles. The maximum absolute atomic E-state index is 13.9. The molecule has 0 aliphatic carbocycles. The van der Waals surface area contributed by atoms with Crippen LogP contribution in [0.15, 0.2) is 40.1 Å². The van der Waals surface area contributed by atoms with Crippen molar-refractivity contribution in [3.8, 4) is 0 Å². The Morgan fingerprint density at radius 2 is 2.21 bits per heavy atom. The van der Waals surface area contributed by atoms with Crippen LogP contribution in [-0.2, 0) is 20.1 Å².